The first kappa shape index (κ1) is 10.6. The maximum Gasteiger partial charge on any atom is 0.371 e. The maximum absolute atomic E-state index is 9.54. The summed E-state index contributed by atoms with van der Waals surface area (Å²) < 4.78 is 0. The highest BCUT2D eigenvalue weighted by Crippen LogP contribution is 1.61. The normalized spacial score (nSPS) is 6.33. The first-order valence-corrected chi connectivity index (χ1v) is 1.88. The minimum atomic E-state index is -1.38. The Balaban J connectivity index is 0. The van der Waals surface area contributed by atoms with E-state index < -0.39 is 11.8 Å². The smallest absolute Gasteiger partial charge is 0.371 e. The van der Waals surface area contributed by atoms with Gasteiger partial charge in [0.05, 0.1) is 0 Å². The van der Waals surface area contributed by atoms with E-state index in [2.05, 4.69) is 0 Å². The largest absolute Gasteiger partial charge is 0.483 e. The lowest BCUT2D eigenvalue weighted by Crippen LogP contribution is -2.05. The minimum absolute atomic E-state index is 0.250. The van der Waals surface area contributed by atoms with E-state index >= 15 is 0 Å². The van der Waals surface area contributed by atoms with E-state index in [4.69, 9.17) is 15.0 Å². The van der Waals surface area contributed by atoms with Crippen molar-refractivity contribution in [2.24, 2.45) is 0 Å². The highest BCUT2D eigenvalue weighted by Gasteiger charge is 1.98. The third kappa shape index (κ3) is 20.6. The van der Waals surface area contributed by atoms with E-state index in [1.54, 1.807) is 0 Å². The molecule has 0 heterocycles. The summed E-state index contributed by atoms with van der Waals surface area (Å²) in [6.45, 7) is 0.752. The van der Waals surface area contributed by atoms with Crippen LogP contribution in [0.4, 0.5) is 0 Å². The van der Waals surface area contributed by atoms with Crippen LogP contribution in [0.1, 0.15) is 6.92 Å². The van der Waals surface area contributed by atoms with E-state index in [-0.39, 0.29) is 6.47 Å². The molecule has 0 spiro atoms. The molecule has 0 unspecified atom stereocenters. The second-order valence-electron chi connectivity index (χ2n) is 0.967. The van der Waals surface area contributed by atoms with Crippen LogP contribution in [0.2, 0.25) is 0 Å². The predicted octanol–water partition coefficient (Wildman–Crippen LogP) is -0.639. The Kier molecular flexibility index (Phi) is 7.76. The molecule has 0 aliphatic carbocycles. The van der Waals surface area contributed by atoms with Crippen molar-refractivity contribution in [2.45, 2.75) is 6.92 Å². The third-order valence-electron chi connectivity index (χ3n) is 0.301. The van der Waals surface area contributed by atoms with Crippen molar-refractivity contribution in [1.29, 1.82) is 0 Å². The summed E-state index contributed by atoms with van der Waals surface area (Å²) in [5.41, 5.74) is 0. The molecule has 0 aliphatic heterocycles. The zero-order chi connectivity index (χ0) is 7.86. The van der Waals surface area contributed by atoms with E-state index in [0.717, 1.165) is 6.92 Å². The van der Waals surface area contributed by atoms with Gasteiger partial charge in [-0.2, -0.15) is 0 Å². The number of ketones is 1. The third-order valence-corrected chi connectivity index (χ3v) is 0.301. The molecule has 0 saturated carbocycles. The summed E-state index contributed by atoms with van der Waals surface area (Å²) in [5, 5.41) is 14.5. The second kappa shape index (κ2) is 6.61. The van der Waals surface area contributed by atoms with Gasteiger partial charge in [0.1, 0.15) is 0 Å². The Morgan fingerprint density at radius 1 is 1.44 bits per heavy atom. The van der Waals surface area contributed by atoms with Gasteiger partial charge < -0.3 is 10.2 Å². The SMILES string of the molecule is CC(=O)C(=O)O.O=CO. The van der Waals surface area contributed by atoms with E-state index in [0.29, 0.717) is 0 Å². The molecule has 52 valence electrons. The molecular formula is C4H6O5. The molecule has 5 nitrogen and oxygen atoms in total. The van der Waals surface area contributed by atoms with Crippen LogP contribution in [0.3, 0.4) is 0 Å². The Hall–Kier alpha value is -1.39. The van der Waals surface area contributed by atoms with Gasteiger partial charge in [-0.3, -0.25) is 9.59 Å². The molecule has 0 aromatic rings. The summed E-state index contributed by atoms with van der Waals surface area (Å²) in [6.07, 6.45) is 0. The molecular weight excluding hydrogens is 128 g/mol. The molecule has 5 heteroatoms. The van der Waals surface area contributed by atoms with Gasteiger partial charge in [-0.15, -0.1) is 0 Å². The van der Waals surface area contributed by atoms with Crippen molar-refractivity contribution >= 4 is 18.2 Å². The summed E-state index contributed by atoms with van der Waals surface area (Å²) in [5.74, 6) is -2.20. The summed E-state index contributed by atoms with van der Waals surface area (Å²) in [7, 11) is 0. The van der Waals surface area contributed by atoms with Gasteiger partial charge in [-0.05, 0) is 0 Å². The zero-order valence-electron chi connectivity index (χ0n) is 4.70. The molecule has 0 atom stereocenters. The van der Waals surface area contributed by atoms with Crippen molar-refractivity contribution in [3.63, 3.8) is 0 Å². The van der Waals surface area contributed by atoms with Crippen LogP contribution in [0, 0.1) is 0 Å². The molecule has 0 bridgehead atoms. The van der Waals surface area contributed by atoms with Gasteiger partial charge in [-0.1, -0.05) is 0 Å². The summed E-state index contributed by atoms with van der Waals surface area (Å²) in [4.78, 5) is 27.3. The van der Waals surface area contributed by atoms with Crippen molar-refractivity contribution in [3.05, 3.63) is 0 Å². The number of Topliss-reactive ketones (excluding diaryl/α,β-unsaturated/α-hetero) is 1. The Bertz CT molecular complexity index is 104. The van der Waals surface area contributed by atoms with Gasteiger partial charge in [0.25, 0.3) is 6.47 Å². The fraction of sp³-hybridized carbons (Fsp3) is 0.250. The Labute approximate surface area is 50.9 Å². The zero-order valence-corrected chi connectivity index (χ0v) is 4.70. The number of carbonyl (C=O) groups excluding carboxylic acids is 1. The monoisotopic (exact) mass is 134 g/mol. The number of carboxylic acid groups (broad SMARTS) is 2. The van der Waals surface area contributed by atoms with Crippen LogP contribution < -0.4 is 0 Å². The quantitative estimate of drug-likeness (QED) is 0.367. The Morgan fingerprint density at radius 3 is 1.56 bits per heavy atom. The van der Waals surface area contributed by atoms with E-state index in [9.17, 15) is 9.59 Å². The number of rotatable bonds is 1. The summed E-state index contributed by atoms with van der Waals surface area (Å²) in [6, 6.07) is 0. The molecule has 0 aliphatic rings. The van der Waals surface area contributed by atoms with Crippen LogP contribution in [-0.2, 0) is 14.4 Å². The molecule has 9 heavy (non-hydrogen) atoms. The maximum atomic E-state index is 9.54. The average molecular weight is 134 g/mol. The average Bonchev–Trinajstić information content (AvgIpc) is 1.68. The van der Waals surface area contributed by atoms with Crippen LogP contribution in [0.25, 0.3) is 0 Å². The van der Waals surface area contributed by atoms with E-state index in [1.807, 2.05) is 0 Å². The number of hydrogen-bond donors (Lipinski definition) is 2. The van der Waals surface area contributed by atoms with Gasteiger partial charge in [0, 0.05) is 6.92 Å². The van der Waals surface area contributed by atoms with Gasteiger partial charge >= 0.3 is 5.97 Å². The fourth-order valence-electron chi connectivity index (χ4n) is 0. The molecule has 0 aromatic carbocycles. The molecule has 0 radical (unpaired) electrons. The van der Waals surface area contributed by atoms with Gasteiger partial charge in [0.15, 0.2) is 0 Å². The molecule has 0 amide bonds. The minimum Gasteiger partial charge on any atom is -0.483 e. The van der Waals surface area contributed by atoms with Crippen molar-refractivity contribution in [3.8, 4) is 0 Å². The molecule has 2 N–H and O–H groups in total. The topological polar surface area (TPSA) is 91.7 Å². The molecule has 0 rings (SSSR count). The van der Waals surface area contributed by atoms with Crippen LogP contribution >= 0.6 is 0 Å². The lowest BCUT2D eigenvalue weighted by molar-refractivity contribution is -0.148. The number of carbonyl (C=O) groups is 3. The lowest BCUT2D eigenvalue weighted by atomic mass is 10.5. The van der Waals surface area contributed by atoms with Crippen molar-refractivity contribution in [1.82, 2.24) is 0 Å². The van der Waals surface area contributed by atoms with Crippen LogP contribution in [0.5, 0.6) is 0 Å². The van der Waals surface area contributed by atoms with E-state index in [1.165, 1.54) is 0 Å². The van der Waals surface area contributed by atoms with Crippen LogP contribution in [-0.4, -0.2) is 28.4 Å². The number of carboxylic acids is 1. The highest BCUT2D eigenvalue weighted by molar-refractivity contribution is 6.31. The summed E-state index contributed by atoms with van der Waals surface area (Å²) >= 11 is 0. The highest BCUT2D eigenvalue weighted by atomic mass is 16.4. The first-order chi connectivity index (χ1) is 4.06. The fourth-order valence-corrected chi connectivity index (χ4v) is 0. The predicted molar refractivity (Wildman–Crippen MR) is 27.0 cm³/mol. The molecule has 0 saturated heterocycles. The van der Waals surface area contributed by atoms with Crippen molar-refractivity contribution in [2.75, 3.05) is 0 Å². The number of aliphatic carboxylic acids is 1. The number of hydrogen-bond acceptors (Lipinski definition) is 3. The molecule has 0 aromatic heterocycles. The van der Waals surface area contributed by atoms with Crippen molar-refractivity contribution < 1.29 is 24.6 Å². The lowest BCUT2D eigenvalue weighted by Gasteiger charge is -1.73. The van der Waals surface area contributed by atoms with Gasteiger partial charge in [-0.25, -0.2) is 4.79 Å². The van der Waals surface area contributed by atoms with Gasteiger partial charge in [0.2, 0.25) is 5.78 Å². The molecule has 0 fully saturated rings. The Morgan fingerprint density at radius 2 is 1.56 bits per heavy atom. The first-order valence-electron chi connectivity index (χ1n) is 1.88. The second-order valence-corrected chi connectivity index (χ2v) is 0.967. The van der Waals surface area contributed by atoms with Crippen LogP contribution in [0.15, 0.2) is 0 Å². The standard InChI is InChI=1S/C3H4O3.CH2O2/c1-2(4)3(5)6;2-1-3/h1H3,(H,5,6);1H,(H,2,3).